The van der Waals surface area contributed by atoms with Crippen LogP contribution in [0.4, 0.5) is 0 Å². The number of hydrogen-bond acceptors (Lipinski definition) is 4. The Balaban J connectivity index is 2.63. The van der Waals surface area contributed by atoms with E-state index in [1.54, 1.807) is 7.05 Å². The maximum atomic E-state index is 11.1. The molecule has 1 aliphatic rings. The largest absolute Gasteiger partial charge is 0.467 e. The highest BCUT2D eigenvalue weighted by molar-refractivity contribution is 5.86. The average Bonchev–Trinajstić information content (AvgIpc) is 2.08. The number of methoxy groups -OCH3 is 1. The molecule has 0 aromatic rings. The van der Waals surface area contributed by atoms with Gasteiger partial charge in [-0.25, -0.2) is 4.79 Å². The molecule has 1 atom stereocenters. The number of amides is 1. The van der Waals surface area contributed by atoms with Crippen LogP contribution in [0.1, 0.15) is 0 Å². The normalized spacial score (nSPS) is 24.0. The molecule has 0 aromatic carbocycles. The van der Waals surface area contributed by atoms with Gasteiger partial charge in [0.2, 0.25) is 5.91 Å². The predicted molar refractivity (Wildman–Crippen MR) is 41.4 cm³/mol. The number of rotatable bonds is 1. The van der Waals surface area contributed by atoms with Gasteiger partial charge in [-0.15, -0.1) is 0 Å². The minimum Gasteiger partial charge on any atom is -0.467 e. The summed E-state index contributed by atoms with van der Waals surface area (Å²) in [6.45, 7) is 0.763. The smallest absolute Gasteiger partial charge is 0.329 e. The number of carbonyl (C=O) groups is 2. The van der Waals surface area contributed by atoms with Gasteiger partial charge in [-0.1, -0.05) is 0 Å². The number of hydrogen-bond donors (Lipinski definition) is 1. The summed E-state index contributed by atoms with van der Waals surface area (Å²) >= 11 is 0. The monoisotopic (exact) mass is 172 g/mol. The second-order valence-electron chi connectivity index (χ2n) is 2.67. The SMILES string of the molecule is COC(=O)C1CNCC(=O)N1C. The highest BCUT2D eigenvalue weighted by Gasteiger charge is 2.30. The molecule has 1 unspecified atom stereocenters. The van der Waals surface area contributed by atoms with E-state index in [1.165, 1.54) is 12.0 Å². The van der Waals surface area contributed by atoms with E-state index in [4.69, 9.17) is 0 Å². The van der Waals surface area contributed by atoms with E-state index in [0.29, 0.717) is 13.1 Å². The summed E-state index contributed by atoms with van der Waals surface area (Å²) in [6.07, 6.45) is 0. The lowest BCUT2D eigenvalue weighted by Gasteiger charge is -2.30. The lowest BCUT2D eigenvalue weighted by atomic mass is 10.2. The van der Waals surface area contributed by atoms with Crippen molar-refractivity contribution < 1.29 is 14.3 Å². The fourth-order valence-electron chi connectivity index (χ4n) is 1.13. The molecular formula is C7H12N2O3. The third-order valence-electron chi connectivity index (χ3n) is 1.95. The molecule has 1 saturated heterocycles. The number of nitrogens with one attached hydrogen (secondary N) is 1. The molecule has 0 saturated carbocycles. The fraction of sp³-hybridized carbons (Fsp3) is 0.714. The Bertz CT molecular complexity index is 205. The number of nitrogens with zero attached hydrogens (tertiary/aromatic N) is 1. The second kappa shape index (κ2) is 3.53. The molecule has 1 amide bonds. The first-order valence-corrected chi connectivity index (χ1v) is 3.71. The molecule has 68 valence electrons. The summed E-state index contributed by atoms with van der Waals surface area (Å²) in [5.74, 6) is -0.463. The average molecular weight is 172 g/mol. The van der Waals surface area contributed by atoms with Crippen LogP contribution in [0, 0.1) is 0 Å². The van der Waals surface area contributed by atoms with Crippen LogP contribution >= 0.6 is 0 Å². The van der Waals surface area contributed by atoms with Crippen LogP contribution in [0.2, 0.25) is 0 Å². The molecule has 1 heterocycles. The van der Waals surface area contributed by atoms with Gasteiger partial charge in [-0.2, -0.15) is 0 Å². The molecule has 0 aliphatic carbocycles. The zero-order valence-electron chi connectivity index (χ0n) is 7.16. The summed E-state index contributed by atoms with van der Waals surface area (Å²) < 4.78 is 4.54. The van der Waals surface area contributed by atoms with E-state index in [2.05, 4.69) is 10.1 Å². The first-order valence-electron chi connectivity index (χ1n) is 3.71. The Morgan fingerprint density at radius 1 is 1.75 bits per heavy atom. The molecule has 1 aliphatic heterocycles. The van der Waals surface area contributed by atoms with Gasteiger partial charge in [0.15, 0.2) is 0 Å². The van der Waals surface area contributed by atoms with Crippen molar-refractivity contribution in [2.24, 2.45) is 0 Å². The van der Waals surface area contributed by atoms with Gasteiger partial charge in [0.05, 0.1) is 13.7 Å². The zero-order valence-corrected chi connectivity index (χ0v) is 7.16. The summed E-state index contributed by atoms with van der Waals surface area (Å²) in [6, 6.07) is -0.476. The van der Waals surface area contributed by atoms with Gasteiger partial charge in [-0.05, 0) is 0 Å². The molecule has 5 nitrogen and oxygen atoms in total. The number of ether oxygens (including phenoxy) is 1. The summed E-state index contributed by atoms with van der Waals surface area (Å²) in [4.78, 5) is 23.6. The molecule has 1 N–H and O–H groups in total. The second-order valence-corrected chi connectivity index (χ2v) is 2.67. The minimum atomic E-state index is -0.476. The zero-order chi connectivity index (χ0) is 9.14. The van der Waals surface area contributed by atoms with Crippen molar-refractivity contribution in [1.29, 1.82) is 0 Å². The summed E-state index contributed by atoms with van der Waals surface area (Å²) in [5.41, 5.74) is 0. The Labute approximate surface area is 70.7 Å². The van der Waals surface area contributed by atoms with Crippen molar-refractivity contribution in [3.05, 3.63) is 0 Å². The molecule has 12 heavy (non-hydrogen) atoms. The predicted octanol–water partition coefficient (Wildman–Crippen LogP) is -1.41. The summed E-state index contributed by atoms with van der Waals surface area (Å²) in [5, 5.41) is 2.84. The third kappa shape index (κ3) is 1.55. The Kier molecular flexibility index (Phi) is 2.65. The molecule has 5 heteroatoms. The standard InChI is InChI=1S/C7H12N2O3/c1-9-5(7(11)12-2)3-8-4-6(9)10/h5,8H,3-4H2,1-2H3. The molecule has 0 spiro atoms. The van der Waals surface area contributed by atoms with Crippen LogP contribution < -0.4 is 5.32 Å². The van der Waals surface area contributed by atoms with Crippen molar-refractivity contribution in [2.45, 2.75) is 6.04 Å². The molecule has 0 aromatic heterocycles. The van der Waals surface area contributed by atoms with E-state index >= 15 is 0 Å². The third-order valence-corrected chi connectivity index (χ3v) is 1.95. The van der Waals surface area contributed by atoms with Crippen molar-refractivity contribution in [3.8, 4) is 0 Å². The molecular weight excluding hydrogens is 160 g/mol. The first kappa shape index (κ1) is 8.99. The van der Waals surface area contributed by atoms with Crippen molar-refractivity contribution >= 4 is 11.9 Å². The molecule has 0 bridgehead atoms. The highest BCUT2D eigenvalue weighted by atomic mass is 16.5. The van der Waals surface area contributed by atoms with Crippen LogP contribution in [0.25, 0.3) is 0 Å². The molecule has 1 rings (SSSR count). The van der Waals surface area contributed by atoms with E-state index < -0.39 is 6.04 Å². The van der Waals surface area contributed by atoms with Crippen molar-refractivity contribution in [2.75, 3.05) is 27.2 Å². The van der Waals surface area contributed by atoms with Crippen molar-refractivity contribution in [3.63, 3.8) is 0 Å². The van der Waals surface area contributed by atoms with Crippen LogP contribution in [0.5, 0.6) is 0 Å². The lowest BCUT2D eigenvalue weighted by molar-refractivity contribution is -0.153. The number of piperazine rings is 1. The van der Waals surface area contributed by atoms with Gasteiger partial charge >= 0.3 is 5.97 Å². The molecule has 0 radical (unpaired) electrons. The maximum absolute atomic E-state index is 11.1. The Morgan fingerprint density at radius 3 is 3.00 bits per heavy atom. The number of carbonyl (C=O) groups excluding carboxylic acids is 2. The quantitative estimate of drug-likeness (QED) is 0.494. The van der Waals surface area contributed by atoms with Gasteiger partial charge in [0, 0.05) is 13.6 Å². The van der Waals surface area contributed by atoms with Gasteiger partial charge in [0.1, 0.15) is 6.04 Å². The molecule has 1 fully saturated rings. The minimum absolute atomic E-state index is 0.0864. The number of likely N-dealkylation sites (N-methyl/N-ethyl adjacent to an activating group) is 1. The van der Waals surface area contributed by atoms with Gasteiger partial charge in [0.25, 0.3) is 0 Å². The first-order chi connectivity index (χ1) is 5.66. The van der Waals surface area contributed by atoms with Crippen LogP contribution in [-0.4, -0.2) is 50.1 Å². The summed E-state index contributed by atoms with van der Waals surface area (Å²) in [7, 11) is 2.92. The van der Waals surface area contributed by atoms with Crippen molar-refractivity contribution in [1.82, 2.24) is 10.2 Å². The van der Waals surface area contributed by atoms with Gasteiger partial charge in [-0.3, -0.25) is 4.79 Å². The highest BCUT2D eigenvalue weighted by Crippen LogP contribution is 2.02. The Hall–Kier alpha value is -1.10. The van der Waals surface area contributed by atoms with Crippen LogP contribution in [0.3, 0.4) is 0 Å². The maximum Gasteiger partial charge on any atom is 0.329 e. The van der Waals surface area contributed by atoms with E-state index in [9.17, 15) is 9.59 Å². The van der Waals surface area contributed by atoms with E-state index in [1.807, 2.05) is 0 Å². The van der Waals surface area contributed by atoms with E-state index in [-0.39, 0.29) is 11.9 Å². The van der Waals surface area contributed by atoms with E-state index in [0.717, 1.165) is 0 Å². The lowest BCUT2D eigenvalue weighted by Crippen LogP contribution is -2.56. The fourth-order valence-corrected chi connectivity index (χ4v) is 1.13. The van der Waals surface area contributed by atoms with Crippen LogP contribution in [-0.2, 0) is 14.3 Å². The van der Waals surface area contributed by atoms with Crippen LogP contribution in [0.15, 0.2) is 0 Å². The number of esters is 1. The topological polar surface area (TPSA) is 58.6 Å². The van der Waals surface area contributed by atoms with Gasteiger partial charge < -0.3 is 15.0 Å². The Morgan fingerprint density at radius 2 is 2.42 bits per heavy atom.